The Kier molecular flexibility index (Phi) is 5.22. The van der Waals surface area contributed by atoms with Gasteiger partial charge in [-0.1, -0.05) is 18.2 Å². The van der Waals surface area contributed by atoms with Gasteiger partial charge in [-0.15, -0.1) is 0 Å². The highest BCUT2D eigenvalue weighted by Crippen LogP contribution is 2.31. The average molecular weight is 460 g/mol. The molecule has 0 saturated heterocycles. The monoisotopic (exact) mass is 460 g/mol. The van der Waals surface area contributed by atoms with Crippen LogP contribution in [0.3, 0.4) is 0 Å². The quantitative estimate of drug-likeness (QED) is 0.243. The molecule has 0 spiro atoms. The number of non-ortho nitro benzene ring substituents is 1. The lowest BCUT2D eigenvalue weighted by Crippen LogP contribution is -2.29. The topological polar surface area (TPSA) is 172 Å². The molecule has 0 unspecified atom stereocenters. The van der Waals surface area contributed by atoms with Crippen LogP contribution in [0.1, 0.15) is 57.4 Å². The molecule has 4 rings (SSSR count). The maximum absolute atomic E-state index is 13.0. The van der Waals surface area contributed by atoms with Crippen molar-refractivity contribution in [2.24, 2.45) is 0 Å². The van der Waals surface area contributed by atoms with Gasteiger partial charge in [0.2, 0.25) is 0 Å². The first-order valence-electron chi connectivity index (χ1n) is 9.52. The summed E-state index contributed by atoms with van der Waals surface area (Å²) in [5, 5.41) is 29.5. The van der Waals surface area contributed by atoms with Gasteiger partial charge in [0.25, 0.3) is 17.5 Å². The number of hydrogen-bond donors (Lipinski definition) is 2. The summed E-state index contributed by atoms with van der Waals surface area (Å²) in [6, 6.07) is 11.6. The zero-order chi connectivity index (χ0) is 24.7. The number of hydrogen-bond acceptors (Lipinski definition) is 7. The number of carboxylic acids is 2. The van der Waals surface area contributed by atoms with Crippen LogP contribution in [0, 0.1) is 10.1 Å². The Balaban J connectivity index is 1.75. The molecule has 2 amide bonds. The van der Waals surface area contributed by atoms with Crippen molar-refractivity contribution >= 4 is 40.9 Å². The first-order valence-corrected chi connectivity index (χ1v) is 9.52. The molecule has 0 saturated carbocycles. The number of carboxylic acid groups (broad SMARTS) is 2. The second-order valence-electron chi connectivity index (χ2n) is 7.22. The molecule has 168 valence electrons. The van der Waals surface area contributed by atoms with Gasteiger partial charge in [-0.2, -0.15) is 0 Å². The Labute approximate surface area is 189 Å². The molecule has 0 aliphatic carbocycles. The fourth-order valence-electron chi connectivity index (χ4n) is 3.53. The minimum absolute atomic E-state index is 0.00281. The first kappa shape index (κ1) is 22.0. The van der Waals surface area contributed by atoms with Gasteiger partial charge in [-0.05, 0) is 30.3 Å². The molecular weight excluding hydrogens is 448 g/mol. The van der Waals surface area contributed by atoms with Crippen molar-refractivity contribution in [3.63, 3.8) is 0 Å². The SMILES string of the molecule is O=C(O)c1cc(C(=O)O)cc(N2C(=O)c3ccc(C(=O)c4cccc([N+](=O)[O-])c4)cc3C2=O)c1. The molecule has 11 nitrogen and oxygen atoms in total. The molecular formula is C23H12N2O9. The number of carbonyl (C=O) groups is 5. The summed E-state index contributed by atoms with van der Waals surface area (Å²) in [4.78, 5) is 72.5. The second kappa shape index (κ2) is 8.06. The van der Waals surface area contributed by atoms with Crippen LogP contribution in [0.4, 0.5) is 11.4 Å². The number of anilines is 1. The van der Waals surface area contributed by atoms with Crippen LogP contribution >= 0.6 is 0 Å². The van der Waals surface area contributed by atoms with E-state index in [0.29, 0.717) is 4.90 Å². The van der Waals surface area contributed by atoms with Gasteiger partial charge >= 0.3 is 11.9 Å². The number of nitro groups is 1. The van der Waals surface area contributed by atoms with Gasteiger partial charge in [-0.25, -0.2) is 14.5 Å². The highest BCUT2D eigenvalue weighted by atomic mass is 16.6. The number of nitro benzene ring substituents is 1. The smallest absolute Gasteiger partial charge is 0.335 e. The van der Waals surface area contributed by atoms with Gasteiger partial charge in [0, 0.05) is 23.3 Å². The Hall–Kier alpha value is -5.19. The van der Waals surface area contributed by atoms with Crippen LogP contribution in [0.2, 0.25) is 0 Å². The van der Waals surface area contributed by atoms with Gasteiger partial charge in [0.15, 0.2) is 5.78 Å². The van der Waals surface area contributed by atoms with E-state index in [0.717, 1.165) is 30.3 Å². The maximum Gasteiger partial charge on any atom is 0.335 e. The Bertz CT molecular complexity index is 1430. The van der Waals surface area contributed by atoms with Crippen molar-refractivity contribution in [3.8, 4) is 0 Å². The molecule has 0 radical (unpaired) electrons. The number of benzene rings is 3. The minimum Gasteiger partial charge on any atom is -0.478 e. The molecule has 34 heavy (non-hydrogen) atoms. The standard InChI is InChI=1S/C23H12N2O9/c26-19(11-2-1-3-15(7-11)25(33)34)12-4-5-17-18(10-12)21(28)24(20(17)27)16-8-13(22(29)30)6-14(9-16)23(31)32/h1-10H,(H,29,30)(H,31,32). The predicted octanol–water partition coefficient (Wildman–Crippen LogP) is 3.02. The van der Waals surface area contributed by atoms with Crippen LogP contribution in [-0.2, 0) is 0 Å². The van der Waals surface area contributed by atoms with Gasteiger partial charge in [0.1, 0.15) is 0 Å². The third-order valence-electron chi connectivity index (χ3n) is 5.14. The molecule has 1 heterocycles. The molecule has 11 heteroatoms. The molecule has 0 aromatic heterocycles. The summed E-state index contributed by atoms with van der Waals surface area (Å²) in [6.45, 7) is 0. The zero-order valence-corrected chi connectivity index (χ0v) is 16.9. The summed E-state index contributed by atoms with van der Waals surface area (Å²) >= 11 is 0. The van der Waals surface area contributed by atoms with Gasteiger partial charge < -0.3 is 10.2 Å². The maximum atomic E-state index is 13.0. The largest absolute Gasteiger partial charge is 0.478 e. The number of amides is 2. The number of nitrogens with zero attached hydrogens (tertiary/aromatic N) is 2. The highest BCUT2D eigenvalue weighted by Gasteiger charge is 2.38. The molecule has 3 aromatic carbocycles. The molecule has 2 N–H and O–H groups in total. The summed E-state index contributed by atoms with van der Waals surface area (Å²) < 4.78 is 0. The normalized spacial score (nSPS) is 12.4. The number of rotatable bonds is 6. The number of imide groups is 1. The van der Waals surface area contributed by atoms with E-state index in [1.165, 1.54) is 30.3 Å². The fourth-order valence-corrected chi connectivity index (χ4v) is 3.53. The molecule has 0 atom stereocenters. The Morgan fingerprint density at radius 2 is 1.32 bits per heavy atom. The lowest BCUT2D eigenvalue weighted by Gasteiger charge is -2.15. The van der Waals surface area contributed by atoms with E-state index in [2.05, 4.69) is 0 Å². The van der Waals surface area contributed by atoms with Crippen molar-refractivity contribution in [2.45, 2.75) is 0 Å². The van der Waals surface area contributed by atoms with Crippen LogP contribution in [0.5, 0.6) is 0 Å². The number of aromatic carboxylic acids is 2. The summed E-state index contributed by atoms with van der Waals surface area (Å²) in [7, 11) is 0. The molecule has 3 aromatic rings. The van der Waals surface area contributed by atoms with Crippen LogP contribution in [0.25, 0.3) is 0 Å². The third kappa shape index (κ3) is 3.66. The predicted molar refractivity (Wildman–Crippen MR) is 114 cm³/mol. The van der Waals surface area contributed by atoms with Crippen LogP contribution in [0.15, 0.2) is 60.7 Å². The zero-order valence-electron chi connectivity index (χ0n) is 16.9. The van der Waals surface area contributed by atoms with Crippen molar-refractivity contribution in [1.82, 2.24) is 0 Å². The number of fused-ring (bicyclic) bond motifs is 1. The lowest BCUT2D eigenvalue weighted by atomic mass is 9.99. The number of ketones is 1. The highest BCUT2D eigenvalue weighted by molar-refractivity contribution is 6.35. The van der Waals surface area contributed by atoms with E-state index in [9.17, 15) is 44.3 Å². The van der Waals surface area contributed by atoms with Gasteiger partial charge in [-0.3, -0.25) is 24.5 Å². The fraction of sp³-hybridized carbons (Fsp3) is 0. The van der Waals surface area contributed by atoms with Crippen molar-refractivity contribution in [2.75, 3.05) is 4.90 Å². The summed E-state index contributed by atoms with van der Waals surface area (Å²) in [6.07, 6.45) is 0. The van der Waals surface area contributed by atoms with Gasteiger partial charge in [0.05, 0.1) is 32.9 Å². The minimum atomic E-state index is -1.45. The lowest BCUT2D eigenvalue weighted by molar-refractivity contribution is -0.384. The first-order chi connectivity index (χ1) is 16.1. The van der Waals surface area contributed by atoms with Crippen LogP contribution in [-0.4, -0.2) is 44.7 Å². The van der Waals surface area contributed by atoms with E-state index in [-0.39, 0.29) is 33.6 Å². The molecule has 0 fully saturated rings. The van der Waals surface area contributed by atoms with E-state index in [1.807, 2.05) is 0 Å². The Morgan fingerprint density at radius 3 is 1.91 bits per heavy atom. The van der Waals surface area contributed by atoms with Crippen molar-refractivity contribution in [3.05, 3.63) is 104 Å². The third-order valence-corrected chi connectivity index (χ3v) is 5.14. The van der Waals surface area contributed by atoms with Crippen LogP contribution < -0.4 is 4.90 Å². The summed E-state index contributed by atoms with van der Waals surface area (Å²) in [5.74, 6) is -5.23. The summed E-state index contributed by atoms with van der Waals surface area (Å²) in [5.41, 5.74) is -1.65. The van der Waals surface area contributed by atoms with Crippen molar-refractivity contribution < 1.29 is 39.1 Å². The second-order valence-corrected chi connectivity index (χ2v) is 7.22. The van der Waals surface area contributed by atoms with E-state index < -0.39 is 45.6 Å². The molecule has 1 aliphatic heterocycles. The van der Waals surface area contributed by atoms with E-state index >= 15 is 0 Å². The molecule has 1 aliphatic rings. The average Bonchev–Trinajstić information content (AvgIpc) is 3.07. The van der Waals surface area contributed by atoms with E-state index in [1.54, 1.807) is 0 Å². The Morgan fingerprint density at radius 1 is 0.735 bits per heavy atom. The number of carbonyl (C=O) groups excluding carboxylic acids is 3. The van der Waals surface area contributed by atoms with E-state index in [4.69, 9.17) is 0 Å². The molecule has 0 bridgehead atoms. The van der Waals surface area contributed by atoms with Crippen molar-refractivity contribution in [1.29, 1.82) is 0 Å².